The highest BCUT2D eigenvalue weighted by Gasteiger charge is 2.59. The summed E-state index contributed by atoms with van der Waals surface area (Å²) < 4.78 is 46.5. The van der Waals surface area contributed by atoms with E-state index in [9.17, 15) is 13.2 Å². The van der Waals surface area contributed by atoms with Crippen molar-refractivity contribution in [2.75, 3.05) is 71.4 Å². The number of likely N-dealkylation sites (tertiary alicyclic amines) is 1. The summed E-state index contributed by atoms with van der Waals surface area (Å²) in [6.45, 7) is 13.9. The fourth-order valence-corrected chi connectivity index (χ4v) is 8.65. The Morgan fingerprint density at radius 1 is 1.02 bits per heavy atom. The summed E-state index contributed by atoms with van der Waals surface area (Å²) in [5.74, 6) is -0.641. The number of nitrogens with zero attached hydrogens (tertiary/aromatic N) is 6. The van der Waals surface area contributed by atoms with Gasteiger partial charge in [-0.15, -0.1) is 0 Å². The number of urea groups is 1. The molecule has 50 heavy (non-hydrogen) atoms. The second kappa shape index (κ2) is 14.1. The van der Waals surface area contributed by atoms with Crippen LogP contribution in [-0.4, -0.2) is 113 Å². The Bertz CT molecular complexity index is 1920. The molecule has 3 aromatic rings. The zero-order valence-corrected chi connectivity index (χ0v) is 29.4. The number of anilines is 1. The van der Waals surface area contributed by atoms with Crippen LogP contribution in [0.1, 0.15) is 30.9 Å². The van der Waals surface area contributed by atoms with Gasteiger partial charge in [-0.25, -0.2) is 23.0 Å². The fraction of sp³-hybridized carbons (Fsp3) is 0.429. The minimum Gasteiger partial charge on any atom is -0.497 e. The molecule has 0 bridgehead atoms. The van der Waals surface area contributed by atoms with Crippen LogP contribution in [0.5, 0.6) is 17.4 Å². The summed E-state index contributed by atoms with van der Waals surface area (Å²) in [7, 11) is 0.189. The quantitative estimate of drug-likeness (QED) is 0.330. The minimum atomic E-state index is -4.69. The molecule has 14 nitrogen and oxygen atoms in total. The van der Waals surface area contributed by atoms with Crippen molar-refractivity contribution < 1.29 is 32.2 Å². The van der Waals surface area contributed by atoms with Crippen molar-refractivity contribution in [3.05, 3.63) is 77.3 Å². The first-order valence-corrected chi connectivity index (χ1v) is 17.9. The lowest BCUT2D eigenvalue weighted by Gasteiger charge is -2.43. The molecule has 1 aromatic heterocycles. The number of piperazine rings is 1. The number of carbonyl (C=O) groups excluding carboxylic acids is 2. The summed E-state index contributed by atoms with van der Waals surface area (Å²) in [5, 5.41) is 2.97. The zero-order chi connectivity index (χ0) is 35.6. The van der Waals surface area contributed by atoms with E-state index >= 15 is 4.79 Å². The highest BCUT2D eigenvalue weighted by atomic mass is 32.2. The van der Waals surface area contributed by atoms with E-state index in [1.54, 1.807) is 24.0 Å². The van der Waals surface area contributed by atoms with Gasteiger partial charge in [0, 0.05) is 50.0 Å². The Balaban J connectivity index is 1.45. The van der Waals surface area contributed by atoms with Gasteiger partial charge in [0.1, 0.15) is 16.4 Å². The van der Waals surface area contributed by atoms with Crippen LogP contribution >= 0.6 is 0 Å². The van der Waals surface area contributed by atoms with Gasteiger partial charge in [-0.1, -0.05) is 6.07 Å². The summed E-state index contributed by atoms with van der Waals surface area (Å²) in [5.41, 5.74) is -1.79. The van der Waals surface area contributed by atoms with Gasteiger partial charge in [0.2, 0.25) is 5.88 Å². The lowest BCUT2D eigenvalue weighted by atomic mass is 9.84. The lowest BCUT2D eigenvalue weighted by Crippen LogP contribution is -2.61. The maximum atomic E-state index is 15.2. The number of benzene rings is 2. The summed E-state index contributed by atoms with van der Waals surface area (Å²) in [6.07, 6.45) is 3.61. The number of methoxy groups -OCH3 is 2. The number of aromatic nitrogens is 1. The van der Waals surface area contributed by atoms with Crippen molar-refractivity contribution in [2.45, 2.75) is 36.2 Å². The molecule has 2 saturated heterocycles. The highest BCUT2D eigenvalue weighted by Crippen LogP contribution is 2.50. The third kappa shape index (κ3) is 6.08. The van der Waals surface area contributed by atoms with Gasteiger partial charge in [0.25, 0.3) is 15.9 Å². The van der Waals surface area contributed by atoms with Crippen LogP contribution in [-0.2, 0) is 20.4 Å². The maximum Gasteiger partial charge on any atom is 0.318 e. The number of sulfonamides is 1. The molecule has 3 aliphatic rings. The molecule has 4 heterocycles. The monoisotopic (exact) mass is 703 g/mol. The van der Waals surface area contributed by atoms with E-state index in [-0.39, 0.29) is 45.6 Å². The molecule has 0 spiro atoms. The average molecular weight is 704 g/mol. The van der Waals surface area contributed by atoms with Crippen LogP contribution in [0.15, 0.2) is 59.6 Å². The van der Waals surface area contributed by atoms with Crippen molar-refractivity contribution in [3.8, 4) is 17.4 Å². The summed E-state index contributed by atoms with van der Waals surface area (Å²) in [6, 6.07) is 11.5. The van der Waals surface area contributed by atoms with Crippen molar-refractivity contribution >= 4 is 33.3 Å². The van der Waals surface area contributed by atoms with E-state index in [1.807, 2.05) is 0 Å². The molecular weight excluding hydrogens is 662 g/mol. The molecule has 1 atom stereocenters. The van der Waals surface area contributed by atoms with Gasteiger partial charge >= 0.3 is 6.03 Å². The first kappa shape index (κ1) is 34.9. The van der Waals surface area contributed by atoms with Crippen molar-refractivity contribution in [1.29, 1.82) is 0 Å². The Kier molecular flexibility index (Phi) is 9.88. The lowest BCUT2D eigenvalue weighted by molar-refractivity contribution is -0.121. The second-order valence-electron chi connectivity index (χ2n) is 12.4. The van der Waals surface area contributed by atoms with E-state index in [4.69, 9.17) is 20.8 Å². The zero-order valence-electron chi connectivity index (χ0n) is 28.6. The largest absolute Gasteiger partial charge is 0.497 e. The molecule has 3 amide bonds. The third-order valence-corrected chi connectivity index (χ3v) is 11.4. The number of amides is 3. The first-order valence-electron chi connectivity index (χ1n) is 16.5. The molecule has 1 N–H and O–H groups in total. The molecule has 264 valence electrons. The number of hydrogen-bond acceptors (Lipinski definition) is 10. The van der Waals surface area contributed by atoms with Crippen molar-refractivity contribution in [3.63, 3.8) is 0 Å². The second-order valence-corrected chi connectivity index (χ2v) is 14.2. The minimum absolute atomic E-state index is 0.0287. The molecule has 15 heteroatoms. The molecule has 0 saturated carbocycles. The maximum absolute atomic E-state index is 15.2. The topological polar surface area (TPSA) is 138 Å². The van der Waals surface area contributed by atoms with Gasteiger partial charge in [-0.3, -0.25) is 9.69 Å². The van der Waals surface area contributed by atoms with E-state index in [1.165, 1.54) is 56.8 Å². The number of piperidine rings is 1. The van der Waals surface area contributed by atoms with Crippen LogP contribution in [0.3, 0.4) is 0 Å². The Labute approximate surface area is 292 Å². The van der Waals surface area contributed by atoms with Crippen molar-refractivity contribution in [2.24, 2.45) is 0 Å². The number of carbonyl (C=O) groups is 2. The molecule has 2 fully saturated rings. The first-order chi connectivity index (χ1) is 24.1. The average Bonchev–Trinajstić information content (AvgIpc) is 3.39. The van der Waals surface area contributed by atoms with E-state index in [2.05, 4.69) is 32.0 Å². The SMILES string of the molecule is [C-]#[N+]c1ccc2c(c1)C(NC(=O)N1CCN(C3CCN(C)CC3)CC1)(c1cccnc1OCC)C(=O)N2S(=O)(=O)c1ccc(OC)cc1OC. The number of hydrogen-bond donors (Lipinski definition) is 1. The van der Waals surface area contributed by atoms with Crippen LogP contribution in [0.2, 0.25) is 0 Å². The Morgan fingerprint density at radius 2 is 1.76 bits per heavy atom. The summed E-state index contributed by atoms with van der Waals surface area (Å²) in [4.78, 5) is 43.5. The molecule has 6 rings (SSSR count). The van der Waals surface area contributed by atoms with E-state index in [0.29, 0.717) is 42.3 Å². The van der Waals surface area contributed by atoms with Crippen LogP contribution in [0, 0.1) is 6.57 Å². The normalized spacial score (nSPS) is 20.3. The Morgan fingerprint density at radius 3 is 2.42 bits per heavy atom. The number of ether oxygens (including phenoxy) is 3. The van der Waals surface area contributed by atoms with Crippen molar-refractivity contribution in [1.82, 2.24) is 25.0 Å². The molecule has 0 aliphatic carbocycles. The number of fused-ring (bicyclic) bond motifs is 1. The van der Waals surface area contributed by atoms with Crippen LogP contribution in [0.4, 0.5) is 16.2 Å². The number of pyridine rings is 1. The smallest absolute Gasteiger partial charge is 0.318 e. The molecule has 1 unspecified atom stereocenters. The predicted molar refractivity (Wildman–Crippen MR) is 185 cm³/mol. The fourth-order valence-electron chi connectivity index (χ4n) is 7.04. The third-order valence-electron chi connectivity index (χ3n) is 9.68. The van der Waals surface area contributed by atoms with Gasteiger partial charge in [-0.05, 0) is 76.3 Å². The van der Waals surface area contributed by atoms with E-state index < -0.39 is 27.5 Å². The van der Waals surface area contributed by atoms with Crippen LogP contribution < -0.4 is 23.8 Å². The van der Waals surface area contributed by atoms with Gasteiger partial charge in [-0.2, -0.15) is 4.31 Å². The standard InChI is InChI=1S/C35H41N7O7S/c1-6-49-32-27(8-7-15-37-32)35(38-34(44)41-20-18-40(19-21-41)25-13-16-39(3)17-14-25)28-22-24(36-2)9-11-29(28)42(33(35)43)50(45,46)31-12-10-26(47-4)23-30(31)48-5/h7-12,15,22-23,25H,6,13-14,16-21H2,1,3-5H3,(H,38,44). The van der Waals surface area contributed by atoms with Crippen LogP contribution in [0.25, 0.3) is 4.85 Å². The molecule has 3 aliphatic heterocycles. The number of nitrogens with one attached hydrogen (secondary N) is 1. The number of rotatable bonds is 9. The predicted octanol–water partition coefficient (Wildman–Crippen LogP) is 3.45. The molecule has 0 radical (unpaired) electrons. The van der Waals surface area contributed by atoms with E-state index in [0.717, 1.165) is 25.9 Å². The van der Waals surface area contributed by atoms with Gasteiger partial charge < -0.3 is 29.3 Å². The molecular formula is C35H41N7O7S. The van der Waals surface area contributed by atoms with Gasteiger partial charge in [0.15, 0.2) is 11.2 Å². The summed E-state index contributed by atoms with van der Waals surface area (Å²) >= 11 is 0. The van der Waals surface area contributed by atoms with Gasteiger partial charge in [0.05, 0.1) is 38.6 Å². The molecule has 2 aromatic carbocycles. The highest BCUT2D eigenvalue weighted by molar-refractivity contribution is 7.93. The Hall–Kier alpha value is -4.91.